The second kappa shape index (κ2) is 8.19. The second-order valence-corrected chi connectivity index (χ2v) is 8.38. The first kappa shape index (κ1) is 18.9. The molecule has 2 aromatic carbocycles. The summed E-state index contributed by atoms with van der Waals surface area (Å²) in [5.74, 6) is 0.757. The Labute approximate surface area is 161 Å². The number of furan rings is 1. The summed E-state index contributed by atoms with van der Waals surface area (Å²) in [6.45, 7) is 2.41. The first-order valence-electron chi connectivity index (χ1n) is 8.06. The molecular weight excluding hydrogens is 363 g/mol. The van der Waals surface area contributed by atoms with Crippen molar-refractivity contribution in [3.05, 3.63) is 63.6 Å². The van der Waals surface area contributed by atoms with Gasteiger partial charge in [-0.25, -0.2) is 0 Å². The van der Waals surface area contributed by atoms with E-state index in [1.807, 2.05) is 55.7 Å². The third kappa shape index (κ3) is 4.08. The minimum atomic E-state index is -1.03. The molecule has 0 amide bonds. The molecule has 0 fully saturated rings. The Kier molecular flexibility index (Phi) is 5.94. The lowest BCUT2D eigenvalue weighted by molar-refractivity contribution is 0.305. The molecule has 26 heavy (non-hydrogen) atoms. The molecule has 0 aliphatic rings. The van der Waals surface area contributed by atoms with Crippen molar-refractivity contribution in [2.75, 3.05) is 12.5 Å². The van der Waals surface area contributed by atoms with Gasteiger partial charge in [-0.15, -0.1) is 11.8 Å². The largest absolute Gasteiger partial charge is 0.488 e. The SMILES string of the molecule is [B]c1cc(COc2cccc(C)c2/C=C(\SC)S(C)=O)cc2ccoc12. The minimum absolute atomic E-state index is 0.388. The summed E-state index contributed by atoms with van der Waals surface area (Å²) in [4.78, 5) is 0. The summed E-state index contributed by atoms with van der Waals surface area (Å²) in [6, 6.07) is 11.7. The predicted octanol–water partition coefficient (Wildman–Crippen LogP) is 4.15. The van der Waals surface area contributed by atoms with Crippen molar-refractivity contribution in [2.45, 2.75) is 13.5 Å². The molecule has 6 heteroatoms. The molecule has 0 N–H and O–H groups in total. The molecule has 3 aromatic rings. The normalized spacial score (nSPS) is 13.1. The molecule has 0 spiro atoms. The van der Waals surface area contributed by atoms with Gasteiger partial charge in [0.25, 0.3) is 0 Å². The quantitative estimate of drug-likeness (QED) is 0.601. The van der Waals surface area contributed by atoms with Crippen LogP contribution in [-0.4, -0.2) is 24.6 Å². The molecule has 0 aliphatic heterocycles. The van der Waals surface area contributed by atoms with Crippen LogP contribution in [0.2, 0.25) is 0 Å². The predicted molar refractivity (Wildman–Crippen MR) is 113 cm³/mol. The number of ether oxygens (including phenoxy) is 1. The summed E-state index contributed by atoms with van der Waals surface area (Å²) < 4.78 is 24.1. The average Bonchev–Trinajstić information content (AvgIpc) is 3.08. The molecule has 3 rings (SSSR count). The maximum atomic E-state index is 11.9. The Morgan fingerprint density at radius 1 is 1.35 bits per heavy atom. The first-order chi connectivity index (χ1) is 12.5. The van der Waals surface area contributed by atoms with Crippen LogP contribution in [0.25, 0.3) is 17.0 Å². The lowest BCUT2D eigenvalue weighted by Gasteiger charge is -2.13. The fourth-order valence-corrected chi connectivity index (χ4v) is 4.22. The van der Waals surface area contributed by atoms with E-state index >= 15 is 0 Å². The van der Waals surface area contributed by atoms with Crippen molar-refractivity contribution in [3.8, 4) is 5.75 Å². The van der Waals surface area contributed by atoms with Gasteiger partial charge in [0.2, 0.25) is 0 Å². The molecule has 0 bridgehead atoms. The van der Waals surface area contributed by atoms with Crippen LogP contribution in [0.15, 0.2) is 51.3 Å². The molecule has 2 radical (unpaired) electrons. The van der Waals surface area contributed by atoms with E-state index in [1.54, 1.807) is 12.5 Å². The number of hydrogen-bond acceptors (Lipinski definition) is 4. The van der Waals surface area contributed by atoms with Crippen molar-refractivity contribution in [2.24, 2.45) is 0 Å². The summed E-state index contributed by atoms with van der Waals surface area (Å²) in [5.41, 5.74) is 4.29. The van der Waals surface area contributed by atoms with Crippen molar-refractivity contribution in [1.82, 2.24) is 0 Å². The first-order valence-corrected chi connectivity index (χ1v) is 10.8. The van der Waals surface area contributed by atoms with Gasteiger partial charge in [0.1, 0.15) is 25.8 Å². The van der Waals surface area contributed by atoms with E-state index in [9.17, 15) is 4.21 Å². The maximum absolute atomic E-state index is 11.9. The summed E-state index contributed by atoms with van der Waals surface area (Å²) >= 11 is 1.49. The Morgan fingerprint density at radius 3 is 2.88 bits per heavy atom. The van der Waals surface area contributed by atoms with Gasteiger partial charge in [-0.3, -0.25) is 4.21 Å². The zero-order valence-corrected chi connectivity index (χ0v) is 16.6. The standard InChI is InChI=1S/C20H19BO3S2/c1-13-5-4-6-18(16(13)11-19(25-2)26(3)22)24-12-14-9-15-7-8-23-20(15)17(21)10-14/h4-11H,12H2,1-3H3/b19-11+. The van der Waals surface area contributed by atoms with Crippen LogP contribution in [0.3, 0.4) is 0 Å². The third-order valence-corrected chi connectivity index (χ3v) is 6.47. The van der Waals surface area contributed by atoms with Gasteiger partial charge in [-0.2, -0.15) is 0 Å². The van der Waals surface area contributed by atoms with Crippen LogP contribution in [0.5, 0.6) is 5.75 Å². The number of rotatable bonds is 6. The molecule has 1 unspecified atom stereocenters. The molecule has 0 saturated carbocycles. The molecule has 0 saturated heterocycles. The van der Waals surface area contributed by atoms with E-state index < -0.39 is 10.8 Å². The van der Waals surface area contributed by atoms with Gasteiger partial charge >= 0.3 is 0 Å². The third-order valence-electron chi connectivity index (χ3n) is 4.06. The van der Waals surface area contributed by atoms with Crippen molar-refractivity contribution in [3.63, 3.8) is 0 Å². The smallest absolute Gasteiger partial charge is 0.127 e. The topological polar surface area (TPSA) is 39.4 Å². The molecule has 1 aromatic heterocycles. The number of fused-ring (bicyclic) bond motifs is 1. The lowest BCUT2D eigenvalue weighted by Crippen LogP contribution is -2.06. The average molecular weight is 382 g/mol. The van der Waals surface area contributed by atoms with Gasteiger partial charge in [0.05, 0.1) is 21.3 Å². The molecule has 0 aliphatic carbocycles. The van der Waals surface area contributed by atoms with Gasteiger partial charge in [0.15, 0.2) is 0 Å². The van der Waals surface area contributed by atoms with Crippen LogP contribution in [0.1, 0.15) is 16.7 Å². The Balaban J connectivity index is 1.90. The second-order valence-electron chi connectivity index (χ2n) is 5.92. The van der Waals surface area contributed by atoms with E-state index in [4.69, 9.17) is 17.0 Å². The van der Waals surface area contributed by atoms with E-state index in [0.717, 1.165) is 32.1 Å². The zero-order valence-electron chi connectivity index (χ0n) is 14.9. The fourth-order valence-electron chi connectivity index (χ4n) is 2.76. The molecule has 132 valence electrons. The minimum Gasteiger partial charge on any atom is -0.488 e. The van der Waals surface area contributed by atoms with Crippen molar-refractivity contribution >= 4 is 52.9 Å². The van der Waals surface area contributed by atoms with Crippen molar-refractivity contribution in [1.29, 1.82) is 0 Å². The highest BCUT2D eigenvalue weighted by Crippen LogP contribution is 2.29. The Hall–Kier alpha value is -1.92. The van der Waals surface area contributed by atoms with Crippen LogP contribution in [-0.2, 0) is 17.4 Å². The zero-order chi connectivity index (χ0) is 18.7. The van der Waals surface area contributed by atoms with Crippen molar-refractivity contribution < 1.29 is 13.4 Å². The molecule has 1 heterocycles. The van der Waals surface area contributed by atoms with E-state index in [-0.39, 0.29) is 0 Å². The maximum Gasteiger partial charge on any atom is 0.127 e. The number of benzene rings is 2. The summed E-state index contributed by atoms with van der Waals surface area (Å²) in [6.07, 6.45) is 7.18. The van der Waals surface area contributed by atoms with E-state index in [2.05, 4.69) is 0 Å². The summed E-state index contributed by atoms with van der Waals surface area (Å²) in [5, 5.41) is 0.957. The van der Waals surface area contributed by atoms with Crippen LogP contribution >= 0.6 is 11.8 Å². The van der Waals surface area contributed by atoms with Gasteiger partial charge in [0, 0.05) is 17.2 Å². The molecule has 3 nitrogen and oxygen atoms in total. The monoisotopic (exact) mass is 382 g/mol. The van der Waals surface area contributed by atoms with Crippen LogP contribution in [0.4, 0.5) is 0 Å². The highest BCUT2D eigenvalue weighted by molar-refractivity contribution is 8.16. The van der Waals surface area contributed by atoms with E-state index in [0.29, 0.717) is 17.7 Å². The van der Waals surface area contributed by atoms with Gasteiger partial charge in [-0.05, 0) is 48.6 Å². The Bertz CT molecular complexity index is 992. The Morgan fingerprint density at radius 2 is 2.15 bits per heavy atom. The van der Waals surface area contributed by atoms with Gasteiger partial charge < -0.3 is 9.15 Å². The highest BCUT2D eigenvalue weighted by Gasteiger charge is 2.10. The van der Waals surface area contributed by atoms with Gasteiger partial charge in [-0.1, -0.05) is 23.7 Å². The number of aryl methyl sites for hydroxylation is 1. The highest BCUT2D eigenvalue weighted by atomic mass is 32.2. The number of hydrogen-bond donors (Lipinski definition) is 0. The van der Waals surface area contributed by atoms with Crippen LogP contribution < -0.4 is 10.2 Å². The summed E-state index contributed by atoms with van der Waals surface area (Å²) in [7, 11) is 5.01. The lowest BCUT2D eigenvalue weighted by atomic mass is 9.92. The fraction of sp³-hybridized carbons (Fsp3) is 0.200. The molecular formula is C20H19BO3S2. The molecule has 1 atom stereocenters. The number of thioether (sulfide) groups is 1. The van der Waals surface area contributed by atoms with Crippen LogP contribution in [0, 0.1) is 6.92 Å². The van der Waals surface area contributed by atoms with E-state index in [1.165, 1.54) is 11.8 Å².